The molecule has 96 valence electrons. The predicted molar refractivity (Wildman–Crippen MR) is 45.8 cm³/mol. The third kappa shape index (κ3) is 2.62. The molecule has 0 saturated carbocycles. The van der Waals surface area contributed by atoms with E-state index in [1.54, 1.807) is 0 Å². The molecule has 0 saturated heterocycles. The predicted octanol–water partition coefficient (Wildman–Crippen LogP) is 3.64. The zero-order chi connectivity index (χ0) is 13.4. The highest BCUT2D eigenvalue weighted by atomic mass is 19.4. The van der Waals surface area contributed by atoms with Crippen LogP contribution in [0.5, 0.6) is 0 Å². The SMILES string of the molecule is Nc1ccc(C(F)(F)C(F)F)cc1C(F)(F)F. The molecule has 1 nitrogen and oxygen atoms in total. The van der Waals surface area contributed by atoms with Gasteiger partial charge in [-0.1, -0.05) is 6.07 Å². The van der Waals surface area contributed by atoms with E-state index in [4.69, 9.17) is 5.73 Å². The van der Waals surface area contributed by atoms with Crippen LogP contribution in [0.1, 0.15) is 11.1 Å². The summed E-state index contributed by atoms with van der Waals surface area (Å²) in [5.74, 6) is -4.65. The van der Waals surface area contributed by atoms with Crippen molar-refractivity contribution in [2.45, 2.75) is 18.5 Å². The minimum Gasteiger partial charge on any atom is -0.398 e. The van der Waals surface area contributed by atoms with E-state index in [0.29, 0.717) is 12.1 Å². The Morgan fingerprint density at radius 1 is 1.00 bits per heavy atom. The van der Waals surface area contributed by atoms with Crippen molar-refractivity contribution in [2.24, 2.45) is 0 Å². The quantitative estimate of drug-likeness (QED) is 0.638. The van der Waals surface area contributed by atoms with Crippen LogP contribution < -0.4 is 5.73 Å². The van der Waals surface area contributed by atoms with E-state index >= 15 is 0 Å². The van der Waals surface area contributed by atoms with Crippen LogP contribution in [-0.2, 0) is 12.1 Å². The van der Waals surface area contributed by atoms with E-state index in [0.717, 1.165) is 0 Å². The van der Waals surface area contributed by atoms with Crippen molar-refractivity contribution in [3.8, 4) is 0 Å². The maximum absolute atomic E-state index is 12.8. The van der Waals surface area contributed by atoms with Gasteiger partial charge in [0.15, 0.2) is 0 Å². The monoisotopic (exact) mass is 261 g/mol. The molecular formula is C9H6F7N. The Hall–Kier alpha value is -1.47. The molecule has 1 aromatic rings. The van der Waals surface area contributed by atoms with Gasteiger partial charge >= 0.3 is 18.5 Å². The van der Waals surface area contributed by atoms with Gasteiger partial charge in [-0.3, -0.25) is 0 Å². The van der Waals surface area contributed by atoms with Gasteiger partial charge in [-0.2, -0.15) is 22.0 Å². The average molecular weight is 261 g/mol. The van der Waals surface area contributed by atoms with Gasteiger partial charge in [-0.15, -0.1) is 0 Å². The summed E-state index contributed by atoms with van der Waals surface area (Å²) in [5, 5.41) is 0. The van der Waals surface area contributed by atoms with Gasteiger partial charge in [0.25, 0.3) is 0 Å². The van der Waals surface area contributed by atoms with Gasteiger partial charge in [0, 0.05) is 11.3 Å². The van der Waals surface area contributed by atoms with Crippen molar-refractivity contribution in [2.75, 3.05) is 5.73 Å². The molecule has 0 aromatic heterocycles. The molecule has 1 aromatic carbocycles. The number of benzene rings is 1. The van der Waals surface area contributed by atoms with Crippen LogP contribution in [0.4, 0.5) is 36.4 Å². The van der Waals surface area contributed by atoms with Crippen LogP contribution in [0, 0.1) is 0 Å². The summed E-state index contributed by atoms with van der Waals surface area (Å²) < 4.78 is 86.5. The minimum atomic E-state index is -4.97. The fraction of sp³-hybridized carbons (Fsp3) is 0.333. The molecule has 0 amide bonds. The van der Waals surface area contributed by atoms with Crippen LogP contribution in [-0.4, -0.2) is 6.43 Å². The summed E-state index contributed by atoms with van der Waals surface area (Å²) in [5.41, 5.74) is 1.16. The second kappa shape index (κ2) is 4.08. The highest BCUT2D eigenvalue weighted by Crippen LogP contribution is 2.40. The molecule has 0 aliphatic carbocycles. The molecule has 0 unspecified atom stereocenters. The Morgan fingerprint density at radius 3 is 1.94 bits per heavy atom. The number of anilines is 1. The van der Waals surface area contributed by atoms with Gasteiger partial charge in [0.05, 0.1) is 5.56 Å². The lowest BCUT2D eigenvalue weighted by Crippen LogP contribution is -2.24. The van der Waals surface area contributed by atoms with E-state index in [-0.39, 0.29) is 6.07 Å². The molecule has 0 heterocycles. The number of nitrogen functional groups attached to an aromatic ring is 1. The normalized spacial score (nSPS) is 13.2. The van der Waals surface area contributed by atoms with Crippen molar-refractivity contribution in [1.29, 1.82) is 0 Å². The Balaban J connectivity index is 3.32. The highest BCUT2D eigenvalue weighted by molar-refractivity contribution is 5.51. The first-order chi connectivity index (χ1) is 7.56. The molecule has 1 rings (SSSR count). The van der Waals surface area contributed by atoms with E-state index in [1.807, 2.05) is 0 Å². The molecule has 8 heteroatoms. The minimum absolute atomic E-state index is 0.0680. The van der Waals surface area contributed by atoms with Crippen LogP contribution in [0.2, 0.25) is 0 Å². The number of hydrogen-bond donors (Lipinski definition) is 1. The van der Waals surface area contributed by atoms with Gasteiger partial charge < -0.3 is 5.73 Å². The molecule has 0 fully saturated rings. The molecular weight excluding hydrogens is 255 g/mol. The molecule has 0 spiro atoms. The molecule has 2 N–H and O–H groups in total. The van der Waals surface area contributed by atoms with Crippen molar-refractivity contribution in [1.82, 2.24) is 0 Å². The van der Waals surface area contributed by atoms with Crippen LogP contribution in [0.3, 0.4) is 0 Å². The largest absolute Gasteiger partial charge is 0.418 e. The van der Waals surface area contributed by atoms with E-state index in [2.05, 4.69) is 0 Å². The fourth-order valence-corrected chi connectivity index (χ4v) is 1.14. The summed E-state index contributed by atoms with van der Waals surface area (Å²) in [6, 6.07) is 0.896. The average Bonchev–Trinajstić information content (AvgIpc) is 2.15. The summed E-state index contributed by atoms with van der Waals surface area (Å²) in [7, 11) is 0. The zero-order valence-corrected chi connectivity index (χ0v) is 8.03. The highest BCUT2D eigenvalue weighted by Gasteiger charge is 2.44. The fourth-order valence-electron chi connectivity index (χ4n) is 1.14. The van der Waals surface area contributed by atoms with Gasteiger partial charge in [0.2, 0.25) is 0 Å². The van der Waals surface area contributed by atoms with Gasteiger partial charge in [0.1, 0.15) is 0 Å². The summed E-state index contributed by atoms with van der Waals surface area (Å²) in [6.07, 6.45) is -9.06. The third-order valence-electron chi connectivity index (χ3n) is 2.02. The maximum Gasteiger partial charge on any atom is 0.418 e. The molecule has 0 aliphatic heterocycles. The number of halogens is 7. The molecule has 0 aliphatic rings. The number of nitrogens with two attached hydrogens (primary N) is 1. The summed E-state index contributed by atoms with van der Waals surface area (Å²) >= 11 is 0. The summed E-state index contributed by atoms with van der Waals surface area (Å²) in [4.78, 5) is 0. The molecule has 0 radical (unpaired) electrons. The Labute approximate surface area is 91.0 Å². The maximum atomic E-state index is 12.8. The Morgan fingerprint density at radius 2 is 1.53 bits per heavy atom. The van der Waals surface area contributed by atoms with E-state index in [9.17, 15) is 30.7 Å². The molecule has 0 bridgehead atoms. The first-order valence-electron chi connectivity index (χ1n) is 4.20. The van der Waals surface area contributed by atoms with Crippen molar-refractivity contribution >= 4 is 5.69 Å². The lowest BCUT2D eigenvalue weighted by Gasteiger charge is -2.18. The van der Waals surface area contributed by atoms with E-state index in [1.165, 1.54) is 0 Å². The van der Waals surface area contributed by atoms with Crippen LogP contribution in [0.15, 0.2) is 18.2 Å². The first-order valence-corrected chi connectivity index (χ1v) is 4.20. The lowest BCUT2D eigenvalue weighted by molar-refractivity contribution is -0.141. The standard InChI is InChI=1S/C9H6F7N/c10-7(11)8(12,13)4-1-2-6(17)5(3-4)9(14,15)16/h1-3,7H,17H2. The first kappa shape index (κ1) is 13.6. The lowest BCUT2D eigenvalue weighted by atomic mass is 10.0. The summed E-state index contributed by atoms with van der Waals surface area (Å²) in [6.45, 7) is 0. The Kier molecular flexibility index (Phi) is 3.26. The number of alkyl halides is 7. The van der Waals surface area contributed by atoms with Gasteiger partial charge in [-0.25, -0.2) is 8.78 Å². The smallest absolute Gasteiger partial charge is 0.398 e. The molecule has 0 atom stereocenters. The topological polar surface area (TPSA) is 26.0 Å². The number of hydrogen-bond acceptors (Lipinski definition) is 1. The second-order valence-corrected chi connectivity index (χ2v) is 3.22. The van der Waals surface area contributed by atoms with Crippen molar-refractivity contribution < 1.29 is 30.7 Å². The zero-order valence-electron chi connectivity index (χ0n) is 8.03. The Bertz CT molecular complexity index is 410. The van der Waals surface area contributed by atoms with Crippen LogP contribution >= 0.6 is 0 Å². The third-order valence-corrected chi connectivity index (χ3v) is 2.02. The van der Waals surface area contributed by atoms with E-state index < -0.39 is 35.3 Å². The van der Waals surface area contributed by atoms with Crippen molar-refractivity contribution in [3.63, 3.8) is 0 Å². The second-order valence-electron chi connectivity index (χ2n) is 3.22. The van der Waals surface area contributed by atoms with Gasteiger partial charge in [-0.05, 0) is 12.1 Å². The number of rotatable bonds is 2. The molecule has 17 heavy (non-hydrogen) atoms. The van der Waals surface area contributed by atoms with Crippen molar-refractivity contribution in [3.05, 3.63) is 29.3 Å². The van der Waals surface area contributed by atoms with Crippen LogP contribution in [0.25, 0.3) is 0 Å².